The molecule has 0 spiro atoms. The molecular formula is C12H25N3O2. The van der Waals surface area contributed by atoms with Crippen LogP contribution in [0.4, 0.5) is 0 Å². The third-order valence-corrected chi connectivity index (χ3v) is 3.29. The second-order valence-electron chi connectivity index (χ2n) is 5.37. The molecule has 100 valence electrons. The molecule has 2 atom stereocenters. The maximum absolute atomic E-state index is 11.8. The first-order valence-electron chi connectivity index (χ1n) is 6.24. The topological polar surface area (TPSA) is 67.6 Å². The lowest BCUT2D eigenvalue weighted by Crippen LogP contribution is -2.57. The van der Waals surface area contributed by atoms with Crippen molar-refractivity contribution < 1.29 is 9.53 Å². The Morgan fingerprint density at radius 1 is 1.35 bits per heavy atom. The van der Waals surface area contributed by atoms with E-state index in [1.54, 1.807) is 13.8 Å². The summed E-state index contributed by atoms with van der Waals surface area (Å²) in [7, 11) is 0. The molecule has 1 aliphatic heterocycles. The molecular weight excluding hydrogens is 218 g/mol. The Bertz CT molecular complexity index is 257. The highest BCUT2D eigenvalue weighted by Crippen LogP contribution is 2.08. The summed E-state index contributed by atoms with van der Waals surface area (Å²) in [5.74, 6) is -0.106. The van der Waals surface area contributed by atoms with E-state index in [9.17, 15) is 4.79 Å². The molecule has 1 rings (SSSR count). The Morgan fingerprint density at radius 3 is 2.35 bits per heavy atom. The monoisotopic (exact) mass is 243 g/mol. The quantitative estimate of drug-likeness (QED) is 0.726. The standard InChI is InChI=1S/C12H25N3O2/c1-9(14-11(16)12(3,4)13)10(2)15-5-7-17-8-6-15/h9-10H,5-8,13H2,1-4H3,(H,14,16). The second-order valence-corrected chi connectivity index (χ2v) is 5.37. The molecule has 0 aromatic rings. The van der Waals surface area contributed by atoms with E-state index < -0.39 is 5.54 Å². The predicted octanol–water partition coefficient (Wildman–Crippen LogP) is -0.0509. The number of ether oxygens (including phenoxy) is 1. The van der Waals surface area contributed by atoms with E-state index in [2.05, 4.69) is 17.1 Å². The lowest BCUT2D eigenvalue weighted by Gasteiger charge is -2.36. The molecule has 5 nitrogen and oxygen atoms in total. The molecule has 17 heavy (non-hydrogen) atoms. The van der Waals surface area contributed by atoms with Gasteiger partial charge in [-0.3, -0.25) is 9.69 Å². The SMILES string of the molecule is CC(NC(=O)C(C)(C)N)C(C)N1CCOCC1. The van der Waals surface area contributed by atoms with Crippen LogP contribution in [0.5, 0.6) is 0 Å². The predicted molar refractivity (Wildman–Crippen MR) is 67.7 cm³/mol. The Hall–Kier alpha value is -0.650. The molecule has 0 aliphatic carbocycles. The number of carbonyl (C=O) groups is 1. The fourth-order valence-electron chi connectivity index (χ4n) is 1.81. The van der Waals surface area contributed by atoms with Crippen molar-refractivity contribution in [3.8, 4) is 0 Å². The highest BCUT2D eigenvalue weighted by atomic mass is 16.5. The van der Waals surface area contributed by atoms with Crippen LogP contribution in [0.15, 0.2) is 0 Å². The zero-order chi connectivity index (χ0) is 13.1. The van der Waals surface area contributed by atoms with Crippen LogP contribution in [0.2, 0.25) is 0 Å². The Morgan fingerprint density at radius 2 is 1.88 bits per heavy atom. The van der Waals surface area contributed by atoms with Crippen molar-refractivity contribution in [2.75, 3.05) is 26.3 Å². The van der Waals surface area contributed by atoms with Gasteiger partial charge < -0.3 is 15.8 Å². The van der Waals surface area contributed by atoms with Gasteiger partial charge in [0, 0.05) is 25.2 Å². The molecule has 1 fully saturated rings. The molecule has 1 heterocycles. The zero-order valence-corrected chi connectivity index (χ0v) is 11.3. The number of hydrogen-bond acceptors (Lipinski definition) is 4. The lowest BCUT2D eigenvalue weighted by atomic mass is 10.0. The highest BCUT2D eigenvalue weighted by Gasteiger charge is 2.27. The van der Waals surface area contributed by atoms with Crippen LogP contribution < -0.4 is 11.1 Å². The maximum Gasteiger partial charge on any atom is 0.239 e. The molecule has 5 heteroatoms. The van der Waals surface area contributed by atoms with Gasteiger partial charge in [0.2, 0.25) is 5.91 Å². The van der Waals surface area contributed by atoms with Crippen LogP contribution in [0.25, 0.3) is 0 Å². The minimum Gasteiger partial charge on any atom is -0.379 e. The summed E-state index contributed by atoms with van der Waals surface area (Å²) in [6, 6.07) is 0.383. The number of amides is 1. The number of nitrogens with two attached hydrogens (primary N) is 1. The van der Waals surface area contributed by atoms with Gasteiger partial charge >= 0.3 is 0 Å². The lowest BCUT2D eigenvalue weighted by molar-refractivity contribution is -0.126. The number of morpholine rings is 1. The normalized spacial score (nSPS) is 21.9. The van der Waals surface area contributed by atoms with Crippen LogP contribution in [0.1, 0.15) is 27.7 Å². The first-order chi connectivity index (χ1) is 7.82. The fraction of sp³-hybridized carbons (Fsp3) is 0.917. The smallest absolute Gasteiger partial charge is 0.239 e. The van der Waals surface area contributed by atoms with E-state index in [1.807, 2.05) is 6.92 Å². The summed E-state index contributed by atoms with van der Waals surface area (Å²) in [6.45, 7) is 11.0. The molecule has 2 unspecified atom stereocenters. The van der Waals surface area contributed by atoms with E-state index >= 15 is 0 Å². The molecule has 1 amide bonds. The van der Waals surface area contributed by atoms with Crippen molar-refractivity contribution in [1.82, 2.24) is 10.2 Å². The number of nitrogens with zero attached hydrogens (tertiary/aromatic N) is 1. The summed E-state index contributed by atoms with van der Waals surface area (Å²) in [6.07, 6.45) is 0. The van der Waals surface area contributed by atoms with Crippen molar-refractivity contribution in [2.24, 2.45) is 5.73 Å². The van der Waals surface area contributed by atoms with Gasteiger partial charge in [-0.05, 0) is 27.7 Å². The molecule has 3 N–H and O–H groups in total. The molecule has 1 saturated heterocycles. The number of carbonyl (C=O) groups excluding carboxylic acids is 1. The van der Waals surface area contributed by atoms with Gasteiger partial charge in [0.1, 0.15) is 0 Å². The van der Waals surface area contributed by atoms with Crippen LogP contribution in [-0.2, 0) is 9.53 Å². The third kappa shape index (κ3) is 4.26. The Balaban J connectivity index is 2.46. The summed E-state index contributed by atoms with van der Waals surface area (Å²) in [4.78, 5) is 14.1. The average Bonchev–Trinajstić information content (AvgIpc) is 2.27. The number of hydrogen-bond donors (Lipinski definition) is 2. The largest absolute Gasteiger partial charge is 0.379 e. The van der Waals surface area contributed by atoms with Crippen molar-refractivity contribution in [3.05, 3.63) is 0 Å². The fourth-order valence-corrected chi connectivity index (χ4v) is 1.81. The van der Waals surface area contributed by atoms with E-state index in [0.717, 1.165) is 26.3 Å². The Labute approximate surface area is 104 Å². The molecule has 0 aromatic carbocycles. The van der Waals surface area contributed by atoms with E-state index in [4.69, 9.17) is 10.5 Å². The van der Waals surface area contributed by atoms with Gasteiger partial charge in [-0.2, -0.15) is 0 Å². The summed E-state index contributed by atoms with van der Waals surface area (Å²) >= 11 is 0. The summed E-state index contributed by atoms with van der Waals surface area (Å²) < 4.78 is 5.32. The van der Waals surface area contributed by atoms with Gasteiger partial charge in [0.25, 0.3) is 0 Å². The van der Waals surface area contributed by atoms with Crippen molar-refractivity contribution in [2.45, 2.75) is 45.3 Å². The molecule has 1 aliphatic rings. The Kier molecular flexibility index (Phi) is 4.91. The minimum absolute atomic E-state index is 0.0865. The van der Waals surface area contributed by atoms with Crippen LogP contribution >= 0.6 is 0 Å². The van der Waals surface area contributed by atoms with Crippen molar-refractivity contribution >= 4 is 5.91 Å². The molecule has 0 saturated carbocycles. The maximum atomic E-state index is 11.8. The molecule has 0 aromatic heterocycles. The zero-order valence-electron chi connectivity index (χ0n) is 11.3. The average molecular weight is 243 g/mol. The van der Waals surface area contributed by atoms with Crippen molar-refractivity contribution in [3.63, 3.8) is 0 Å². The first kappa shape index (κ1) is 14.4. The van der Waals surface area contributed by atoms with Crippen LogP contribution in [0, 0.1) is 0 Å². The van der Waals surface area contributed by atoms with Gasteiger partial charge in [-0.25, -0.2) is 0 Å². The third-order valence-electron chi connectivity index (χ3n) is 3.29. The summed E-state index contributed by atoms with van der Waals surface area (Å²) in [5, 5.41) is 2.97. The van der Waals surface area contributed by atoms with Crippen molar-refractivity contribution in [1.29, 1.82) is 0 Å². The number of nitrogens with one attached hydrogen (secondary N) is 1. The second kappa shape index (κ2) is 5.80. The van der Waals surface area contributed by atoms with Gasteiger partial charge in [0.05, 0.1) is 18.8 Å². The minimum atomic E-state index is -0.820. The highest BCUT2D eigenvalue weighted by molar-refractivity contribution is 5.85. The van der Waals surface area contributed by atoms with Gasteiger partial charge in [0.15, 0.2) is 0 Å². The summed E-state index contributed by atoms with van der Waals surface area (Å²) in [5.41, 5.74) is 4.94. The van der Waals surface area contributed by atoms with Crippen LogP contribution in [-0.4, -0.2) is 54.7 Å². The molecule has 0 radical (unpaired) electrons. The molecule has 0 bridgehead atoms. The van der Waals surface area contributed by atoms with E-state index in [-0.39, 0.29) is 11.9 Å². The van der Waals surface area contributed by atoms with Gasteiger partial charge in [-0.1, -0.05) is 0 Å². The van der Waals surface area contributed by atoms with Gasteiger partial charge in [-0.15, -0.1) is 0 Å². The van der Waals surface area contributed by atoms with Crippen LogP contribution in [0.3, 0.4) is 0 Å². The van der Waals surface area contributed by atoms with E-state index in [0.29, 0.717) is 6.04 Å². The van der Waals surface area contributed by atoms with E-state index in [1.165, 1.54) is 0 Å². The first-order valence-corrected chi connectivity index (χ1v) is 6.24. The number of rotatable bonds is 4.